The first-order valence-corrected chi connectivity index (χ1v) is 18.5. The average molecular weight is 772 g/mol. The molecule has 9 nitrogen and oxygen atoms in total. The van der Waals surface area contributed by atoms with Crippen LogP contribution in [0, 0.1) is 53.2 Å². The summed E-state index contributed by atoms with van der Waals surface area (Å²) >= 11 is 9.66. The third-order valence-corrected chi connectivity index (χ3v) is 16.1. The molecule has 0 radical (unpaired) electrons. The van der Waals surface area contributed by atoms with Crippen molar-refractivity contribution in [1.29, 1.82) is 0 Å². The molecule has 0 bridgehead atoms. The molecule has 5 aromatic rings. The van der Waals surface area contributed by atoms with Crippen molar-refractivity contribution in [2.75, 3.05) is 0 Å². The molecule has 1 heterocycles. The van der Waals surface area contributed by atoms with Crippen LogP contribution < -0.4 is 32.2 Å². The zero-order valence-electron chi connectivity index (χ0n) is 25.0. The molecule has 1 aromatic heterocycles. The number of hydrogen-bond acceptors (Lipinski definition) is 1. The number of rotatable bonds is 6. The molecular weight excluding hydrogens is 750 g/mol. The summed E-state index contributed by atoms with van der Waals surface area (Å²) in [4.78, 5) is 0. The summed E-state index contributed by atoms with van der Waals surface area (Å²) in [5, 5.41) is 4.79. The molecule has 0 atom stereocenters. The summed E-state index contributed by atoms with van der Waals surface area (Å²) in [6.45, 7) is 36.0. The number of benzene rings is 4. The average Bonchev–Trinajstić information content (AvgIpc) is 3.76. The van der Waals surface area contributed by atoms with Gasteiger partial charge in [-0.05, 0) is 0 Å². The molecule has 0 unspecified atom stereocenters. The molecule has 0 spiro atoms. The van der Waals surface area contributed by atoms with E-state index in [9.17, 15) is 0 Å². The molecule has 4 aromatic carbocycles. The first kappa shape index (κ1) is 51.8. The molecule has 0 saturated heterocycles. The van der Waals surface area contributed by atoms with E-state index in [1.54, 1.807) is 0 Å². The third-order valence-electron chi connectivity index (χ3n) is 5.60. The van der Waals surface area contributed by atoms with Gasteiger partial charge in [0.15, 0.2) is 0 Å². The standard InChI is InChI=1S/C28H22OP2.8CO.2Fe/c1-5-13-23(14-6-1)30(24-15-7-2-8-16-24)27-21-22-28(29-27)31(25-17-9-3-10-18-25)26-19-11-4-12-20-26;8*1-2;;/h1-22H;;;;;;;;;;. The van der Waals surface area contributed by atoms with E-state index in [0.717, 1.165) is 11.0 Å². The molecule has 246 valence electrons. The maximum absolute atomic E-state index is 7.50. The fourth-order valence-electron chi connectivity index (χ4n) is 3.97. The van der Waals surface area contributed by atoms with Gasteiger partial charge in [-0.3, -0.25) is 0 Å². The molecule has 0 aliphatic rings. The van der Waals surface area contributed by atoms with E-state index in [0.29, 0.717) is 0 Å². The van der Waals surface area contributed by atoms with Crippen molar-refractivity contribution in [3.63, 3.8) is 0 Å². The van der Waals surface area contributed by atoms with Gasteiger partial charge in [-0.15, -0.1) is 0 Å². The first-order valence-electron chi connectivity index (χ1n) is 12.3. The quantitative estimate of drug-likeness (QED) is 0.105. The van der Waals surface area contributed by atoms with E-state index in [1.807, 2.05) is 24.3 Å². The van der Waals surface area contributed by atoms with Crippen LogP contribution >= 0.6 is 11.0 Å². The summed E-state index contributed by atoms with van der Waals surface area (Å²) in [6.07, 6.45) is 0. The SMILES string of the molecule is [C-]#[O+].[C-]#[O+].[C-]#[O+].[C-]#[O+].[C-]#[O+].[C-]#[O+].[C-]#[O+].[C-]#[O+].[Fe]=[P](c1ccccc1)(c1ccccc1)c1ccc([P](=[Fe])(c2ccccc2)c2ccccc2)o1. The first-order chi connectivity index (χ1) is 24.1. The van der Waals surface area contributed by atoms with Crippen molar-refractivity contribution >= 4 is 43.2 Å². The molecule has 0 N–H and O–H groups in total. The Morgan fingerprint density at radius 3 is 0.633 bits per heavy atom. The van der Waals surface area contributed by atoms with Gasteiger partial charge in [0.05, 0.1) is 0 Å². The van der Waals surface area contributed by atoms with Crippen molar-refractivity contribution in [2.45, 2.75) is 0 Å². The Hall–Kier alpha value is -4.02. The summed E-state index contributed by atoms with van der Waals surface area (Å²) in [6, 6.07) is 46.4. The zero-order valence-corrected chi connectivity index (χ0v) is 29.0. The Kier molecular flexibility index (Phi) is 35.8. The van der Waals surface area contributed by atoms with Crippen LogP contribution in [0.3, 0.4) is 0 Å². The van der Waals surface area contributed by atoms with Gasteiger partial charge >= 0.3 is 302 Å². The predicted octanol–water partition coefficient (Wildman–Crippen LogP) is 4.49. The summed E-state index contributed by atoms with van der Waals surface area (Å²) in [7, 11) is 0. The summed E-state index contributed by atoms with van der Waals surface area (Å²) < 4.78 is 66.8. The second-order valence-corrected chi connectivity index (χ2v) is 17.3. The Morgan fingerprint density at radius 2 is 0.469 bits per heavy atom. The number of hydrogen-bond donors (Lipinski definition) is 0. The van der Waals surface area contributed by atoms with E-state index in [1.165, 1.54) is 21.2 Å². The number of furan rings is 1. The van der Waals surface area contributed by atoms with Crippen molar-refractivity contribution < 1.29 is 71.8 Å². The van der Waals surface area contributed by atoms with Gasteiger partial charge in [0.1, 0.15) is 0 Å². The van der Waals surface area contributed by atoms with Crippen molar-refractivity contribution in [3.8, 4) is 0 Å². The monoisotopic (exact) mass is 772 g/mol. The van der Waals surface area contributed by atoms with Gasteiger partial charge in [0.2, 0.25) is 0 Å². The Morgan fingerprint density at radius 1 is 0.306 bits per heavy atom. The second kappa shape index (κ2) is 33.9. The summed E-state index contributed by atoms with van der Waals surface area (Å²) in [5.41, 5.74) is -2.52. The Bertz CT molecular complexity index is 1570. The van der Waals surface area contributed by atoms with Crippen molar-refractivity contribution in [1.82, 2.24) is 0 Å². The maximum atomic E-state index is 7.50. The van der Waals surface area contributed by atoms with E-state index < -0.39 is 11.0 Å². The van der Waals surface area contributed by atoms with Crippen molar-refractivity contribution in [3.05, 3.63) is 187 Å². The van der Waals surface area contributed by atoms with Crippen LogP contribution in [0.15, 0.2) is 138 Å². The van der Waals surface area contributed by atoms with E-state index in [4.69, 9.17) is 71.8 Å². The van der Waals surface area contributed by atoms with Gasteiger partial charge in [-0.25, -0.2) is 0 Å². The van der Waals surface area contributed by atoms with Gasteiger partial charge in [-0.2, -0.15) is 0 Å². The van der Waals surface area contributed by atoms with Crippen LogP contribution in [-0.2, 0) is 67.4 Å². The molecule has 0 saturated carbocycles. The van der Waals surface area contributed by atoms with Crippen LogP contribution in [0.25, 0.3) is 0 Å². The molecule has 49 heavy (non-hydrogen) atoms. The van der Waals surface area contributed by atoms with Crippen LogP contribution in [0.2, 0.25) is 0 Å². The molecule has 0 aliphatic heterocycles. The van der Waals surface area contributed by atoms with E-state index in [-0.39, 0.29) is 0 Å². The molecule has 5 rings (SSSR count). The molecule has 0 aliphatic carbocycles. The van der Waals surface area contributed by atoms with Gasteiger partial charge in [-0.1, -0.05) is 0 Å². The molecule has 0 fully saturated rings. The topological polar surface area (TPSA) is 172 Å². The fraction of sp³-hybridized carbons (Fsp3) is 0. The second-order valence-electron chi connectivity index (χ2n) is 7.60. The Labute approximate surface area is 300 Å². The predicted molar refractivity (Wildman–Crippen MR) is 168 cm³/mol. The minimum atomic E-state index is -2.18. The minimum absolute atomic E-state index is 0.926. The van der Waals surface area contributed by atoms with Crippen molar-refractivity contribution in [2.24, 2.45) is 0 Å². The summed E-state index contributed by atoms with van der Waals surface area (Å²) in [5.74, 6) is 0. The van der Waals surface area contributed by atoms with Crippen LogP contribution in [0.4, 0.5) is 0 Å². The van der Waals surface area contributed by atoms with Gasteiger partial charge in [0.25, 0.3) is 0 Å². The Balaban J connectivity index is -0.000000559. The van der Waals surface area contributed by atoms with Crippen LogP contribution in [0.5, 0.6) is 0 Å². The third kappa shape index (κ3) is 14.6. The normalized spacial score (nSPS) is 8.37. The van der Waals surface area contributed by atoms with Gasteiger partial charge in [0, 0.05) is 0 Å². The van der Waals surface area contributed by atoms with E-state index >= 15 is 0 Å². The zero-order chi connectivity index (χ0) is 38.7. The molecule has 13 heteroatoms. The van der Waals surface area contributed by atoms with Crippen LogP contribution in [0.1, 0.15) is 0 Å². The molecular formula is C36H22Fe2O9P2. The molecule has 0 amide bonds. The van der Waals surface area contributed by atoms with E-state index in [2.05, 4.69) is 162 Å². The fourth-order valence-corrected chi connectivity index (χ4v) is 11.7. The van der Waals surface area contributed by atoms with Crippen LogP contribution in [-0.4, -0.2) is 0 Å². The van der Waals surface area contributed by atoms with Gasteiger partial charge < -0.3 is 0 Å².